The fraction of sp³-hybridized carbons (Fsp3) is 0.923. The summed E-state index contributed by atoms with van der Waals surface area (Å²) in [7, 11) is 0. The molecule has 4 nitrogen and oxygen atoms in total. The maximum absolute atomic E-state index is 12.6. The molecule has 1 saturated carbocycles. The number of hydrogen-bond donors (Lipinski definition) is 2. The topological polar surface area (TPSA) is 74.6 Å². The van der Waals surface area contributed by atoms with Gasteiger partial charge in [0.05, 0.1) is 10.8 Å². The Hall–Kier alpha value is -1.06. The van der Waals surface area contributed by atoms with Crippen molar-refractivity contribution in [1.29, 1.82) is 0 Å². The molecule has 4 atom stereocenters. The Balaban J connectivity index is 2.87. The van der Waals surface area contributed by atoms with E-state index in [-0.39, 0.29) is 0 Å². The Kier molecular flexibility index (Phi) is 12.0. The molecule has 0 amide bonds. The molecule has 0 aromatic rings. The van der Waals surface area contributed by atoms with Crippen LogP contribution in [-0.2, 0) is 9.59 Å². The molecule has 1 fully saturated rings. The van der Waals surface area contributed by atoms with Crippen LogP contribution in [0.2, 0.25) is 0 Å². The van der Waals surface area contributed by atoms with Crippen molar-refractivity contribution >= 4 is 11.9 Å². The minimum Gasteiger partial charge on any atom is -0.481 e. The summed E-state index contributed by atoms with van der Waals surface area (Å²) < 4.78 is 0. The summed E-state index contributed by atoms with van der Waals surface area (Å²) in [5, 5.41) is 20.6. The number of rotatable bonds is 16. The van der Waals surface area contributed by atoms with E-state index in [2.05, 4.69) is 27.7 Å². The standard InChI is InChI=1S/C26H48O4/c1-5-13-21(3)15-7-9-17-25(23(27)28)19-11-12-20-26(25,24(29)30)18-10-8-16-22(4)14-6-2/h21-22H,5-20H2,1-4H3,(H,27,28)(H,29,30). The molecule has 0 heterocycles. The van der Waals surface area contributed by atoms with Gasteiger partial charge in [-0.3, -0.25) is 9.59 Å². The van der Waals surface area contributed by atoms with Crippen LogP contribution in [0, 0.1) is 22.7 Å². The second kappa shape index (κ2) is 13.4. The Bertz CT molecular complexity index is 471. The molecule has 1 rings (SSSR count). The molecule has 1 aliphatic rings. The lowest BCUT2D eigenvalue weighted by Gasteiger charge is -2.49. The lowest BCUT2D eigenvalue weighted by atomic mass is 9.52. The van der Waals surface area contributed by atoms with E-state index < -0.39 is 22.8 Å². The SMILES string of the molecule is CCCC(C)CCCCC1(C(=O)O)CCCCC1(CCCCC(C)CCC)C(=O)O. The lowest BCUT2D eigenvalue weighted by molar-refractivity contribution is -0.182. The molecule has 0 radical (unpaired) electrons. The third-order valence-electron chi connectivity index (χ3n) is 7.86. The second-order valence-electron chi connectivity index (χ2n) is 10.3. The minimum absolute atomic E-state index is 0.514. The highest BCUT2D eigenvalue weighted by Gasteiger charge is 2.61. The molecule has 0 aromatic heterocycles. The van der Waals surface area contributed by atoms with Gasteiger partial charge in [0.25, 0.3) is 0 Å². The van der Waals surface area contributed by atoms with E-state index >= 15 is 0 Å². The van der Waals surface area contributed by atoms with Crippen LogP contribution in [0.5, 0.6) is 0 Å². The minimum atomic E-state index is -1.10. The smallest absolute Gasteiger partial charge is 0.310 e. The number of hydrogen-bond acceptors (Lipinski definition) is 2. The van der Waals surface area contributed by atoms with Crippen molar-refractivity contribution in [2.24, 2.45) is 22.7 Å². The Morgan fingerprint density at radius 3 is 1.37 bits per heavy atom. The number of carboxylic acids is 2. The molecule has 0 spiro atoms. The van der Waals surface area contributed by atoms with Gasteiger partial charge < -0.3 is 10.2 Å². The van der Waals surface area contributed by atoms with Gasteiger partial charge in [-0.25, -0.2) is 0 Å². The van der Waals surface area contributed by atoms with Crippen LogP contribution >= 0.6 is 0 Å². The van der Waals surface area contributed by atoms with Crippen molar-refractivity contribution in [3.05, 3.63) is 0 Å². The largest absolute Gasteiger partial charge is 0.481 e. The molecule has 4 heteroatoms. The van der Waals surface area contributed by atoms with Crippen molar-refractivity contribution in [2.45, 2.75) is 130 Å². The Labute approximate surface area is 185 Å². The van der Waals surface area contributed by atoms with Crippen molar-refractivity contribution in [2.75, 3.05) is 0 Å². The number of unbranched alkanes of at least 4 members (excludes halogenated alkanes) is 2. The van der Waals surface area contributed by atoms with Crippen molar-refractivity contribution in [3.63, 3.8) is 0 Å². The van der Waals surface area contributed by atoms with Crippen LogP contribution in [0.25, 0.3) is 0 Å². The number of aliphatic carboxylic acids is 2. The second-order valence-corrected chi connectivity index (χ2v) is 10.3. The van der Waals surface area contributed by atoms with Crippen molar-refractivity contribution in [1.82, 2.24) is 0 Å². The summed E-state index contributed by atoms with van der Waals surface area (Å²) in [6.07, 6.45) is 14.4. The lowest BCUT2D eigenvalue weighted by Crippen LogP contribution is -2.54. The van der Waals surface area contributed by atoms with Gasteiger partial charge in [-0.1, -0.05) is 105 Å². The molecule has 0 aromatic carbocycles. The highest BCUT2D eigenvalue weighted by molar-refractivity contribution is 5.87. The van der Waals surface area contributed by atoms with Gasteiger partial charge in [0.1, 0.15) is 0 Å². The summed E-state index contributed by atoms with van der Waals surface area (Å²) in [4.78, 5) is 25.2. The van der Waals surface area contributed by atoms with E-state index in [0.717, 1.165) is 51.4 Å². The summed E-state index contributed by atoms with van der Waals surface area (Å²) in [6, 6.07) is 0. The average Bonchev–Trinajstić information content (AvgIpc) is 2.69. The summed E-state index contributed by atoms with van der Waals surface area (Å²) in [5.74, 6) is -0.413. The molecule has 2 N–H and O–H groups in total. The molecule has 1 aliphatic carbocycles. The third-order valence-corrected chi connectivity index (χ3v) is 7.86. The van der Waals surface area contributed by atoms with Gasteiger partial charge >= 0.3 is 11.9 Å². The van der Waals surface area contributed by atoms with Gasteiger partial charge in [-0.2, -0.15) is 0 Å². The summed E-state index contributed by atoms with van der Waals surface area (Å²) >= 11 is 0. The summed E-state index contributed by atoms with van der Waals surface area (Å²) in [6.45, 7) is 8.92. The van der Waals surface area contributed by atoms with E-state index in [0.29, 0.717) is 37.5 Å². The van der Waals surface area contributed by atoms with Crippen molar-refractivity contribution < 1.29 is 19.8 Å². The van der Waals surface area contributed by atoms with E-state index in [1.807, 2.05) is 0 Å². The van der Waals surface area contributed by atoms with E-state index in [1.54, 1.807) is 0 Å². The maximum Gasteiger partial charge on any atom is 0.310 e. The van der Waals surface area contributed by atoms with E-state index in [1.165, 1.54) is 25.7 Å². The number of carboxylic acid groups (broad SMARTS) is 2. The Morgan fingerprint density at radius 1 is 0.700 bits per heavy atom. The zero-order chi connectivity index (χ0) is 22.6. The molecule has 0 aliphatic heterocycles. The molecular formula is C26H48O4. The summed E-state index contributed by atoms with van der Waals surface area (Å²) in [5.41, 5.74) is -2.19. The van der Waals surface area contributed by atoms with Gasteiger partial charge in [0.15, 0.2) is 0 Å². The van der Waals surface area contributed by atoms with Gasteiger partial charge in [-0.15, -0.1) is 0 Å². The first kappa shape index (κ1) is 27.0. The van der Waals surface area contributed by atoms with E-state index in [9.17, 15) is 19.8 Å². The molecule has 0 saturated heterocycles. The van der Waals surface area contributed by atoms with Crippen LogP contribution in [0.15, 0.2) is 0 Å². The highest BCUT2D eigenvalue weighted by atomic mass is 16.4. The fourth-order valence-electron chi connectivity index (χ4n) is 6.01. The molecule has 30 heavy (non-hydrogen) atoms. The zero-order valence-electron chi connectivity index (χ0n) is 20.2. The van der Waals surface area contributed by atoms with Gasteiger partial charge in [0.2, 0.25) is 0 Å². The fourth-order valence-corrected chi connectivity index (χ4v) is 6.01. The monoisotopic (exact) mass is 424 g/mol. The quantitative estimate of drug-likeness (QED) is 0.249. The molecular weight excluding hydrogens is 376 g/mol. The maximum atomic E-state index is 12.6. The first-order chi connectivity index (χ1) is 14.3. The van der Waals surface area contributed by atoms with Crippen molar-refractivity contribution in [3.8, 4) is 0 Å². The van der Waals surface area contributed by atoms with Crippen LogP contribution < -0.4 is 0 Å². The number of carbonyl (C=O) groups is 2. The highest BCUT2D eigenvalue weighted by Crippen LogP contribution is 2.57. The normalized spacial score (nSPS) is 26.3. The predicted octanol–water partition coefficient (Wildman–Crippen LogP) is 7.70. The molecule has 4 unspecified atom stereocenters. The first-order valence-corrected chi connectivity index (χ1v) is 12.7. The van der Waals surface area contributed by atoms with E-state index in [4.69, 9.17) is 0 Å². The molecule has 176 valence electrons. The molecule has 0 bridgehead atoms. The van der Waals surface area contributed by atoms with Crippen LogP contribution in [0.4, 0.5) is 0 Å². The average molecular weight is 425 g/mol. The van der Waals surface area contributed by atoms with Gasteiger partial charge in [0, 0.05) is 0 Å². The van der Waals surface area contributed by atoms with Crippen LogP contribution in [0.3, 0.4) is 0 Å². The zero-order valence-corrected chi connectivity index (χ0v) is 20.2. The predicted molar refractivity (Wildman–Crippen MR) is 124 cm³/mol. The van der Waals surface area contributed by atoms with Crippen LogP contribution in [-0.4, -0.2) is 22.2 Å². The Morgan fingerprint density at radius 2 is 1.07 bits per heavy atom. The van der Waals surface area contributed by atoms with Gasteiger partial charge in [-0.05, 0) is 37.5 Å². The first-order valence-electron chi connectivity index (χ1n) is 12.7. The van der Waals surface area contributed by atoms with Crippen LogP contribution in [0.1, 0.15) is 130 Å². The third kappa shape index (κ3) is 6.99.